The van der Waals surface area contributed by atoms with Crippen LogP contribution >= 0.6 is 7.60 Å². The molecule has 10 heavy (non-hydrogen) atoms. The van der Waals surface area contributed by atoms with Crippen LogP contribution in [0.5, 0.6) is 0 Å². The van der Waals surface area contributed by atoms with E-state index in [4.69, 9.17) is 10.2 Å². The van der Waals surface area contributed by atoms with Gasteiger partial charge in [0.15, 0.2) is 0 Å². The van der Waals surface area contributed by atoms with E-state index in [0.29, 0.717) is 0 Å². The molecule has 4 nitrogen and oxygen atoms in total. The summed E-state index contributed by atoms with van der Waals surface area (Å²) in [6, 6.07) is 1.81. The van der Waals surface area contributed by atoms with Crippen LogP contribution in [0.1, 0.15) is 13.3 Å². The Labute approximate surface area is 60.0 Å². The fraction of sp³-hybridized carbons (Fsp3) is 0.800. The van der Waals surface area contributed by atoms with E-state index in [0.717, 1.165) is 0 Å². The van der Waals surface area contributed by atoms with E-state index in [1.165, 1.54) is 0 Å². The Morgan fingerprint density at radius 1 is 1.80 bits per heavy atom. The quantitative estimate of drug-likeness (QED) is 0.498. The monoisotopic (exact) mass is 163 g/mol. The van der Waals surface area contributed by atoms with Crippen molar-refractivity contribution in [2.45, 2.75) is 13.3 Å². The average molecular weight is 163 g/mol. The number of nitriles is 1. The first-order valence-electron chi connectivity index (χ1n) is 2.95. The van der Waals surface area contributed by atoms with Gasteiger partial charge in [0.2, 0.25) is 0 Å². The first kappa shape index (κ1) is 9.64. The molecular weight excluding hydrogens is 153 g/mol. The third-order valence-electron chi connectivity index (χ3n) is 0.906. The summed E-state index contributed by atoms with van der Waals surface area (Å²) >= 11 is 0. The van der Waals surface area contributed by atoms with Gasteiger partial charge in [0.05, 0.1) is 19.1 Å². The summed E-state index contributed by atoms with van der Waals surface area (Å²) in [5, 5.41) is 8.03. The Kier molecular flexibility index (Phi) is 4.29. The van der Waals surface area contributed by atoms with Gasteiger partial charge in [0.1, 0.15) is 0 Å². The lowest BCUT2D eigenvalue weighted by Gasteiger charge is -2.06. The highest BCUT2D eigenvalue weighted by atomic mass is 31.2. The molecule has 0 amide bonds. The van der Waals surface area contributed by atoms with Crippen LogP contribution in [-0.4, -0.2) is 17.7 Å². The Bertz CT molecular complexity index is 174. The van der Waals surface area contributed by atoms with Crippen molar-refractivity contribution < 1.29 is 14.0 Å². The second-order valence-corrected chi connectivity index (χ2v) is 3.86. The fourth-order valence-corrected chi connectivity index (χ4v) is 0.884. The van der Waals surface area contributed by atoms with Gasteiger partial charge in [-0.2, -0.15) is 5.26 Å². The van der Waals surface area contributed by atoms with Gasteiger partial charge in [-0.1, -0.05) is 6.92 Å². The summed E-state index contributed by atoms with van der Waals surface area (Å²) in [7, 11) is -3.35. The largest absolute Gasteiger partial charge is 0.327 e. The molecule has 1 N–H and O–H groups in total. The van der Waals surface area contributed by atoms with Crippen molar-refractivity contribution in [1.82, 2.24) is 0 Å². The first-order chi connectivity index (χ1) is 4.62. The molecule has 0 rings (SSSR count). The molecule has 0 saturated heterocycles. The van der Waals surface area contributed by atoms with Crippen LogP contribution in [0.2, 0.25) is 0 Å². The molecule has 0 spiro atoms. The highest BCUT2D eigenvalue weighted by molar-refractivity contribution is 7.52. The Morgan fingerprint density at radius 3 is 2.80 bits per heavy atom. The minimum atomic E-state index is -3.35. The maximum absolute atomic E-state index is 10.7. The molecule has 58 valence electrons. The minimum Gasteiger partial charge on any atom is -0.324 e. The molecule has 0 saturated carbocycles. The van der Waals surface area contributed by atoms with Crippen LogP contribution in [-0.2, 0) is 9.09 Å². The van der Waals surface area contributed by atoms with Gasteiger partial charge in [-0.05, 0) is 0 Å². The van der Waals surface area contributed by atoms with E-state index in [1.807, 2.05) is 6.07 Å². The zero-order valence-corrected chi connectivity index (χ0v) is 6.67. The van der Waals surface area contributed by atoms with Gasteiger partial charge >= 0.3 is 7.60 Å². The molecule has 0 aromatic heterocycles. The van der Waals surface area contributed by atoms with Crippen LogP contribution in [0.3, 0.4) is 0 Å². The summed E-state index contributed by atoms with van der Waals surface area (Å²) < 4.78 is 15.2. The van der Waals surface area contributed by atoms with Gasteiger partial charge in [-0.25, -0.2) is 0 Å². The standard InChI is InChI=1S/C5H10NO3P/c1-2-10(7,8)9-5-3-4-6/h2-3,5H2,1H3,(H,7,8). The van der Waals surface area contributed by atoms with Crippen LogP contribution in [0.15, 0.2) is 0 Å². The minimum absolute atomic E-state index is 0.0398. The molecule has 0 bridgehead atoms. The summed E-state index contributed by atoms with van der Waals surface area (Å²) in [5.74, 6) is 0. The molecule has 0 heterocycles. The van der Waals surface area contributed by atoms with E-state index >= 15 is 0 Å². The Balaban J connectivity index is 3.50. The molecule has 0 aliphatic heterocycles. The predicted molar refractivity (Wildman–Crippen MR) is 36.5 cm³/mol. The van der Waals surface area contributed by atoms with E-state index in [9.17, 15) is 4.57 Å². The molecule has 1 unspecified atom stereocenters. The molecule has 5 heteroatoms. The highest BCUT2D eigenvalue weighted by Gasteiger charge is 2.14. The van der Waals surface area contributed by atoms with Crippen molar-refractivity contribution in [3.63, 3.8) is 0 Å². The zero-order valence-electron chi connectivity index (χ0n) is 5.78. The number of nitrogens with zero attached hydrogens (tertiary/aromatic N) is 1. The molecule has 0 aromatic carbocycles. The number of rotatable bonds is 4. The SMILES string of the molecule is CCP(=O)(O)OCCC#N. The van der Waals surface area contributed by atoms with E-state index in [1.54, 1.807) is 6.92 Å². The lowest BCUT2D eigenvalue weighted by molar-refractivity contribution is 0.266. The van der Waals surface area contributed by atoms with Crippen molar-refractivity contribution in [3.05, 3.63) is 0 Å². The Hall–Kier alpha value is -0.360. The van der Waals surface area contributed by atoms with Crippen molar-refractivity contribution in [1.29, 1.82) is 5.26 Å². The van der Waals surface area contributed by atoms with E-state index in [2.05, 4.69) is 4.52 Å². The van der Waals surface area contributed by atoms with Crippen LogP contribution in [0.25, 0.3) is 0 Å². The summed E-state index contributed by atoms with van der Waals surface area (Å²) in [6.45, 7) is 1.60. The van der Waals surface area contributed by atoms with Crippen molar-refractivity contribution in [2.24, 2.45) is 0 Å². The second kappa shape index (κ2) is 4.45. The molecule has 0 aliphatic rings. The molecule has 0 aliphatic carbocycles. The van der Waals surface area contributed by atoms with Crippen molar-refractivity contribution >= 4 is 7.60 Å². The third-order valence-corrected chi connectivity index (χ3v) is 2.29. The van der Waals surface area contributed by atoms with Crippen LogP contribution in [0.4, 0.5) is 0 Å². The fourth-order valence-electron chi connectivity index (χ4n) is 0.325. The smallest absolute Gasteiger partial charge is 0.324 e. The lowest BCUT2D eigenvalue weighted by Crippen LogP contribution is -1.93. The van der Waals surface area contributed by atoms with Crippen LogP contribution in [0, 0.1) is 11.3 Å². The zero-order chi connectivity index (χ0) is 8.04. The lowest BCUT2D eigenvalue weighted by atomic mass is 10.5. The predicted octanol–water partition coefficient (Wildman–Crippen LogP) is 1.12. The number of hydrogen-bond donors (Lipinski definition) is 1. The molecule has 0 aromatic rings. The second-order valence-electron chi connectivity index (χ2n) is 1.70. The summed E-state index contributed by atoms with van der Waals surface area (Å²) in [6.07, 6.45) is 0.253. The van der Waals surface area contributed by atoms with Crippen molar-refractivity contribution in [2.75, 3.05) is 12.8 Å². The maximum atomic E-state index is 10.7. The highest BCUT2D eigenvalue weighted by Crippen LogP contribution is 2.40. The average Bonchev–Trinajstić information content (AvgIpc) is 1.89. The van der Waals surface area contributed by atoms with Crippen molar-refractivity contribution in [3.8, 4) is 6.07 Å². The summed E-state index contributed by atoms with van der Waals surface area (Å²) in [4.78, 5) is 8.77. The topological polar surface area (TPSA) is 70.3 Å². The molecular formula is C5H10NO3P. The first-order valence-corrected chi connectivity index (χ1v) is 4.72. The number of hydrogen-bond acceptors (Lipinski definition) is 3. The normalized spacial score (nSPS) is 15.7. The van der Waals surface area contributed by atoms with E-state index < -0.39 is 7.60 Å². The van der Waals surface area contributed by atoms with Gasteiger partial charge in [0, 0.05) is 6.16 Å². The van der Waals surface area contributed by atoms with Gasteiger partial charge in [-0.3, -0.25) is 4.57 Å². The molecule has 0 radical (unpaired) electrons. The van der Waals surface area contributed by atoms with Gasteiger partial charge < -0.3 is 9.42 Å². The molecule has 0 fully saturated rings. The molecule has 1 atom stereocenters. The summed E-state index contributed by atoms with van der Waals surface area (Å²) in [5.41, 5.74) is 0. The van der Waals surface area contributed by atoms with Crippen LogP contribution < -0.4 is 0 Å². The Morgan fingerprint density at radius 2 is 2.40 bits per heavy atom. The van der Waals surface area contributed by atoms with Gasteiger partial charge in [-0.15, -0.1) is 0 Å². The third kappa shape index (κ3) is 4.51. The maximum Gasteiger partial charge on any atom is 0.327 e. The van der Waals surface area contributed by atoms with E-state index in [-0.39, 0.29) is 19.2 Å². The van der Waals surface area contributed by atoms with Gasteiger partial charge in [0.25, 0.3) is 0 Å².